The minimum absolute atomic E-state index is 0.0165. The Labute approximate surface area is 147 Å². The Balaban J connectivity index is 1.80. The number of likely N-dealkylation sites (tertiary alicyclic amines) is 1. The Morgan fingerprint density at radius 1 is 1.04 bits per heavy atom. The highest BCUT2D eigenvalue weighted by Gasteiger charge is 2.25. The van der Waals surface area contributed by atoms with E-state index in [1.165, 1.54) is 0 Å². The smallest absolute Gasteiger partial charge is 0.223 e. The molecular weight excluding hydrogens is 322 g/mol. The second kappa shape index (κ2) is 7.82. The van der Waals surface area contributed by atoms with Crippen molar-refractivity contribution in [1.29, 1.82) is 0 Å². The number of rotatable bonds is 4. The molecule has 3 rings (SSSR count). The fourth-order valence-corrected chi connectivity index (χ4v) is 3.35. The number of nitrogens with zero attached hydrogens (tertiary/aromatic N) is 1. The predicted molar refractivity (Wildman–Crippen MR) is 96.2 cm³/mol. The SMILES string of the molecule is O=C(C[C@H](c1ccccc1)c1ccc(Cl)cc1)N1CCC(O)CC1. The predicted octanol–water partition coefficient (Wildman–Crippen LogP) is 3.85. The molecule has 0 aromatic heterocycles. The molecule has 0 spiro atoms. The van der Waals surface area contributed by atoms with Gasteiger partial charge in [-0.05, 0) is 36.1 Å². The van der Waals surface area contributed by atoms with E-state index in [1.807, 2.05) is 47.4 Å². The van der Waals surface area contributed by atoms with Crippen LogP contribution in [0.1, 0.15) is 36.3 Å². The lowest BCUT2D eigenvalue weighted by molar-refractivity contribution is -0.133. The summed E-state index contributed by atoms with van der Waals surface area (Å²) in [6, 6.07) is 17.8. The topological polar surface area (TPSA) is 40.5 Å². The van der Waals surface area contributed by atoms with Gasteiger partial charge in [-0.3, -0.25) is 4.79 Å². The lowest BCUT2D eigenvalue weighted by Gasteiger charge is -2.31. The Morgan fingerprint density at radius 2 is 1.62 bits per heavy atom. The summed E-state index contributed by atoms with van der Waals surface area (Å²) in [7, 11) is 0. The molecule has 2 aromatic rings. The fraction of sp³-hybridized carbons (Fsp3) is 0.350. The molecule has 1 aliphatic rings. The number of benzene rings is 2. The molecule has 1 N–H and O–H groups in total. The molecular formula is C20H22ClNO2. The minimum Gasteiger partial charge on any atom is -0.393 e. The molecule has 1 saturated heterocycles. The zero-order valence-electron chi connectivity index (χ0n) is 13.6. The standard InChI is InChI=1S/C20H22ClNO2/c21-17-8-6-16(7-9-17)19(15-4-2-1-3-5-15)14-20(24)22-12-10-18(23)11-13-22/h1-9,18-19,23H,10-14H2/t19-/m1/s1. The molecule has 1 heterocycles. The molecule has 0 bridgehead atoms. The van der Waals surface area contributed by atoms with Crippen LogP contribution in [-0.4, -0.2) is 35.1 Å². The van der Waals surface area contributed by atoms with Crippen LogP contribution in [0.25, 0.3) is 0 Å². The lowest BCUT2D eigenvalue weighted by atomic mass is 9.88. The Bertz CT molecular complexity index is 664. The van der Waals surface area contributed by atoms with Gasteiger partial charge in [0.25, 0.3) is 0 Å². The summed E-state index contributed by atoms with van der Waals surface area (Å²) in [5.41, 5.74) is 2.22. The van der Waals surface area contributed by atoms with E-state index in [-0.39, 0.29) is 17.9 Å². The lowest BCUT2D eigenvalue weighted by Crippen LogP contribution is -2.40. The van der Waals surface area contributed by atoms with Crippen LogP contribution in [0, 0.1) is 0 Å². The molecule has 0 radical (unpaired) electrons. The van der Waals surface area contributed by atoms with E-state index in [1.54, 1.807) is 0 Å². The third kappa shape index (κ3) is 4.16. The van der Waals surface area contributed by atoms with Crippen LogP contribution in [0.4, 0.5) is 0 Å². The summed E-state index contributed by atoms with van der Waals surface area (Å²) in [4.78, 5) is 14.6. The average Bonchev–Trinajstić information content (AvgIpc) is 2.62. The molecule has 24 heavy (non-hydrogen) atoms. The van der Waals surface area contributed by atoms with Gasteiger partial charge in [-0.25, -0.2) is 0 Å². The van der Waals surface area contributed by atoms with Crippen molar-refractivity contribution in [3.8, 4) is 0 Å². The van der Waals surface area contributed by atoms with Gasteiger partial charge in [-0.1, -0.05) is 54.1 Å². The summed E-state index contributed by atoms with van der Waals surface area (Å²) in [5, 5.41) is 10.3. The summed E-state index contributed by atoms with van der Waals surface area (Å²) >= 11 is 6.00. The quantitative estimate of drug-likeness (QED) is 0.916. The molecule has 2 aromatic carbocycles. The number of aliphatic hydroxyl groups excluding tert-OH is 1. The minimum atomic E-state index is -0.268. The number of carbonyl (C=O) groups excluding carboxylic acids is 1. The zero-order chi connectivity index (χ0) is 16.9. The van der Waals surface area contributed by atoms with Gasteiger partial charge in [0.05, 0.1) is 6.10 Å². The van der Waals surface area contributed by atoms with E-state index >= 15 is 0 Å². The number of piperidine rings is 1. The number of halogens is 1. The molecule has 0 saturated carbocycles. The second-order valence-electron chi connectivity index (χ2n) is 6.33. The molecule has 1 aliphatic heterocycles. The van der Waals surface area contributed by atoms with Crippen LogP contribution in [0.15, 0.2) is 54.6 Å². The normalized spacial score (nSPS) is 16.8. The number of carbonyl (C=O) groups is 1. The van der Waals surface area contributed by atoms with Crippen LogP contribution in [0.5, 0.6) is 0 Å². The number of hydrogen-bond acceptors (Lipinski definition) is 2. The van der Waals surface area contributed by atoms with E-state index in [0.29, 0.717) is 37.4 Å². The number of hydrogen-bond donors (Lipinski definition) is 1. The van der Waals surface area contributed by atoms with E-state index in [4.69, 9.17) is 11.6 Å². The molecule has 4 heteroatoms. The Morgan fingerprint density at radius 3 is 2.25 bits per heavy atom. The third-order valence-corrected chi connectivity index (χ3v) is 4.92. The first-order valence-corrected chi connectivity index (χ1v) is 8.77. The first kappa shape index (κ1) is 17.0. The van der Waals surface area contributed by atoms with Gasteiger partial charge < -0.3 is 10.0 Å². The monoisotopic (exact) mass is 343 g/mol. The highest BCUT2D eigenvalue weighted by Crippen LogP contribution is 2.30. The molecule has 3 nitrogen and oxygen atoms in total. The van der Waals surface area contributed by atoms with Gasteiger partial charge in [0, 0.05) is 30.5 Å². The average molecular weight is 344 g/mol. The van der Waals surface area contributed by atoms with Gasteiger partial charge in [0.2, 0.25) is 5.91 Å². The van der Waals surface area contributed by atoms with Crippen LogP contribution >= 0.6 is 11.6 Å². The molecule has 0 unspecified atom stereocenters. The summed E-state index contributed by atoms with van der Waals surface area (Å²) in [6.45, 7) is 1.28. The molecule has 1 atom stereocenters. The van der Waals surface area contributed by atoms with Crippen LogP contribution in [0.3, 0.4) is 0 Å². The number of amides is 1. The van der Waals surface area contributed by atoms with E-state index in [9.17, 15) is 9.90 Å². The Hall–Kier alpha value is -1.84. The second-order valence-corrected chi connectivity index (χ2v) is 6.77. The van der Waals surface area contributed by atoms with Crippen LogP contribution in [-0.2, 0) is 4.79 Å². The van der Waals surface area contributed by atoms with E-state index in [2.05, 4.69) is 12.1 Å². The van der Waals surface area contributed by atoms with Gasteiger partial charge >= 0.3 is 0 Å². The zero-order valence-corrected chi connectivity index (χ0v) is 14.3. The first-order valence-electron chi connectivity index (χ1n) is 8.40. The van der Waals surface area contributed by atoms with Gasteiger partial charge in [0.15, 0.2) is 0 Å². The van der Waals surface area contributed by atoms with E-state index < -0.39 is 0 Å². The molecule has 126 valence electrons. The molecule has 1 amide bonds. The summed E-state index contributed by atoms with van der Waals surface area (Å²) in [6.07, 6.45) is 1.50. The maximum Gasteiger partial charge on any atom is 0.223 e. The molecule has 0 aliphatic carbocycles. The first-order chi connectivity index (χ1) is 11.6. The summed E-state index contributed by atoms with van der Waals surface area (Å²) < 4.78 is 0. The van der Waals surface area contributed by atoms with Gasteiger partial charge in [-0.15, -0.1) is 0 Å². The molecule has 1 fully saturated rings. The fourth-order valence-electron chi connectivity index (χ4n) is 3.23. The van der Waals surface area contributed by atoms with Gasteiger partial charge in [0.1, 0.15) is 0 Å². The van der Waals surface area contributed by atoms with Crippen molar-refractivity contribution in [1.82, 2.24) is 4.90 Å². The van der Waals surface area contributed by atoms with Crippen molar-refractivity contribution >= 4 is 17.5 Å². The van der Waals surface area contributed by atoms with Crippen molar-refractivity contribution < 1.29 is 9.90 Å². The Kier molecular flexibility index (Phi) is 5.54. The highest BCUT2D eigenvalue weighted by atomic mass is 35.5. The highest BCUT2D eigenvalue weighted by molar-refractivity contribution is 6.30. The largest absolute Gasteiger partial charge is 0.393 e. The summed E-state index contributed by atoms with van der Waals surface area (Å²) in [5.74, 6) is 0.161. The van der Waals surface area contributed by atoms with Crippen LogP contribution in [0.2, 0.25) is 5.02 Å². The van der Waals surface area contributed by atoms with Crippen molar-refractivity contribution in [3.63, 3.8) is 0 Å². The van der Waals surface area contributed by atoms with Crippen molar-refractivity contribution in [2.24, 2.45) is 0 Å². The number of aliphatic hydroxyl groups is 1. The maximum absolute atomic E-state index is 12.7. The van der Waals surface area contributed by atoms with E-state index in [0.717, 1.165) is 11.1 Å². The van der Waals surface area contributed by atoms with Crippen molar-refractivity contribution in [2.45, 2.75) is 31.3 Å². The van der Waals surface area contributed by atoms with Crippen LogP contribution < -0.4 is 0 Å². The third-order valence-electron chi connectivity index (χ3n) is 4.67. The maximum atomic E-state index is 12.7. The van der Waals surface area contributed by atoms with Gasteiger partial charge in [-0.2, -0.15) is 0 Å². The van der Waals surface area contributed by atoms with Crippen molar-refractivity contribution in [2.75, 3.05) is 13.1 Å². The van der Waals surface area contributed by atoms with Crippen molar-refractivity contribution in [3.05, 3.63) is 70.7 Å².